The van der Waals surface area contributed by atoms with Crippen molar-refractivity contribution < 1.29 is 14.7 Å². The fourth-order valence-corrected chi connectivity index (χ4v) is 2.89. The van der Waals surface area contributed by atoms with Crippen molar-refractivity contribution in [1.29, 1.82) is 0 Å². The first kappa shape index (κ1) is 15.4. The summed E-state index contributed by atoms with van der Waals surface area (Å²) < 4.78 is 0. The molecule has 0 unspecified atom stereocenters. The van der Waals surface area contributed by atoms with Crippen molar-refractivity contribution in [1.82, 2.24) is 4.90 Å². The van der Waals surface area contributed by atoms with E-state index in [0.717, 1.165) is 5.56 Å². The molecule has 2 rings (SSSR count). The second-order valence-electron chi connectivity index (χ2n) is 5.74. The smallest absolute Gasteiger partial charge is 0.309 e. The number of amides is 1. The van der Waals surface area contributed by atoms with Crippen LogP contribution in [0.15, 0.2) is 24.3 Å². The highest BCUT2D eigenvalue weighted by molar-refractivity contribution is 5.80. The number of carboxylic acid groups (broad SMARTS) is 1. The minimum absolute atomic E-state index is 0.0377. The van der Waals surface area contributed by atoms with E-state index in [4.69, 9.17) is 5.73 Å². The molecule has 114 valence electrons. The zero-order chi connectivity index (χ0) is 15.5. The highest BCUT2D eigenvalue weighted by Crippen LogP contribution is 2.35. The maximum atomic E-state index is 12.3. The predicted molar refractivity (Wildman–Crippen MR) is 80.7 cm³/mol. The number of nitrogens with zero attached hydrogens (tertiary/aromatic N) is 1. The number of carbonyl (C=O) groups is 2. The van der Waals surface area contributed by atoms with Crippen molar-refractivity contribution in [2.45, 2.75) is 32.6 Å². The van der Waals surface area contributed by atoms with Crippen molar-refractivity contribution in [3.05, 3.63) is 29.8 Å². The van der Waals surface area contributed by atoms with Crippen LogP contribution in [0.3, 0.4) is 0 Å². The van der Waals surface area contributed by atoms with Gasteiger partial charge in [0, 0.05) is 18.8 Å². The number of nitrogen functional groups attached to an aromatic ring is 1. The molecule has 0 spiro atoms. The third-order valence-corrected chi connectivity index (χ3v) is 4.51. The Morgan fingerprint density at radius 1 is 1.33 bits per heavy atom. The first-order valence-electron chi connectivity index (χ1n) is 7.32. The maximum absolute atomic E-state index is 12.3. The van der Waals surface area contributed by atoms with E-state index in [0.29, 0.717) is 44.5 Å². The number of nitrogens with two attached hydrogens (primary N) is 1. The molecule has 1 aliphatic heterocycles. The van der Waals surface area contributed by atoms with Gasteiger partial charge in [0.15, 0.2) is 0 Å². The van der Waals surface area contributed by atoms with Gasteiger partial charge in [-0.2, -0.15) is 0 Å². The van der Waals surface area contributed by atoms with Gasteiger partial charge in [-0.1, -0.05) is 19.1 Å². The molecule has 0 atom stereocenters. The lowest BCUT2D eigenvalue weighted by Gasteiger charge is -2.38. The van der Waals surface area contributed by atoms with Gasteiger partial charge in [-0.25, -0.2) is 0 Å². The average Bonchev–Trinajstić information content (AvgIpc) is 2.47. The van der Waals surface area contributed by atoms with Crippen molar-refractivity contribution in [3.8, 4) is 0 Å². The molecule has 21 heavy (non-hydrogen) atoms. The number of aliphatic carboxylic acids is 1. The minimum atomic E-state index is -0.743. The van der Waals surface area contributed by atoms with E-state index < -0.39 is 11.4 Å². The van der Waals surface area contributed by atoms with Gasteiger partial charge < -0.3 is 15.7 Å². The van der Waals surface area contributed by atoms with Gasteiger partial charge in [0.25, 0.3) is 0 Å². The van der Waals surface area contributed by atoms with Crippen LogP contribution >= 0.6 is 0 Å². The molecule has 0 saturated carbocycles. The summed E-state index contributed by atoms with van der Waals surface area (Å²) in [5, 5.41) is 9.36. The zero-order valence-electron chi connectivity index (χ0n) is 12.3. The third kappa shape index (κ3) is 3.35. The Morgan fingerprint density at radius 2 is 2.00 bits per heavy atom. The number of likely N-dealkylation sites (tertiary alicyclic amines) is 1. The van der Waals surface area contributed by atoms with Crippen LogP contribution < -0.4 is 5.73 Å². The van der Waals surface area contributed by atoms with Crippen LogP contribution in [0, 0.1) is 5.41 Å². The van der Waals surface area contributed by atoms with Gasteiger partial charge in [-0.05, 0) is 37.0 Å². The van der Waals surface area contributed by atoms with Gasteiger partial charge in [-0.15, -0.1) is 0 Å². The zero-order valence-corrected chi connectivity index (χ0v) is 12.3. The fourth-order valence-electron chi connectivity index (χ4n) is 2.89. The Kier molecular flexibility index (Phi) is 4.50. The number of rotatable bonds is 4. The number of carbonyl (C=O) groups excluding carboxylic acids is 1. The lowest BCUT2D eigenvalue weighted by Crippen LogP contribution is -2.46. The van der Waals surface area contributed by atoms with Gasteiger partial charge in [-0.3, -0.25) is 9.59 Å². The van der Waals surface area contributed by atoms with Crippen LogP contribution in [-0.4, -0.2) is 35.0 Å². The summed E-state index contributed by atoms with van der Waals surface area (Å²) in [7, 11) is 0. The Bertz CT molecular complexity index is 534. The number of benzene rings is 1. The van der Waals surface area contributed by atoms with Crippen LogP contribution in [0.5, 0.6) is 0 Å². The molecule has 5 nitrogen and oxygen atoms in total. The normalized spacial score (nSPS) is 17.5. The molecule has 0 bridgehead atoms. The van der Waals surface area contributed by atoms with E-state index in [1.807, 2.05) is 19.1 Å². The van der Waals surface area contributed by atoms with Crippen molar-refractivity contribution in [2.75, 3.05) is 18.8 Å². The summed E-state index contributed by atoms with van der Waals surface area (Å²) in [6.07, 6.45) is 1.99. The molecule has 1 heterocycles. The second-order valence-corrected chi connectivity index (χ2v) is 5.74. The van der Waals surface area contributed by atoms with Crippen LogP contribution in [-0.2, 0) is 16.0 Å². The quantitative estimate of drug-likeness (QED) is 0.830. The predicted octanol–water partition coefficient (Wildman–Crippen LogP) is 1.91. The molecule has 1 saturated heterocycles. The van der Waals surface area contributed by atoms with E-state index in [1.54, 1.807) is 17.0 Å². The Morgan fingerprint density at radius 3 is 2.52 bits per heavy atom. The molecular weight excluding hydrogens is 268 g/mol. The molecule has 5 heteroatoms. The van der Waals surface area contributed by atoms with E-state index in [9.17, 15) is 14.7 Å². The first-order chi connectivity index (χ1) is 9.97. The molecule has 0 aromatic heterocycles. The Hall–Kier alpha value is -2.04. The van der Waals surface area contributed by atoms with Crippen molar-refractivity contribution in [3.63, 3.8) is 0 Å². The summed E-state index contributed by atoms with van der Waals surface area (Å²) in [5.41, 5.74) is 6.59. The van der Waals surface area contributed by atoms with Crippen LogP contribution in [0.25, 0.3) is 0 Å². The molecule has 3 N–H and O–H groups in total. The Labute approximate surface area is 124 Å². The van der Waals surface area contributed by atoms with Crippen molar-refractivity contribution in [2.24, 2.45) is 5.41 Å². The van der Waals surface area contributed by atoms with E-state index >= 15 is 0 Å². The highest BCUT2D eigenvalue weighted by Gasteiger charge is 2.40. The summed E-state index contributed by atoms with van der Waals surface area (Å²) in [4.78, 5) is 25.4. The molecule has 1 aromatic carbocycles. The molecule has 0 radical (unpaired) electrons. The molecule has 1 aromatic rings. The molecule has 1 amide bonds. The number of hydrogen-bond acceptors (Lipinski definition) is 3. The monoisotopic (exact) mass is 290 g/mol. The lowest BCUT2D eigenvalue weighted by atomic mass is 9.76. The number of anilines is 1. The van der Waals surface area contributed by atoms with Crippen LogP contribution in [0.4, 0.5) is 5.69 Å². The fraction of sp³-hybridized carbons (Fsp3) is 0.500. The van der Waals surface area contributed by atoms with Crippen LogP contribution in [0.2, 0.25) is 0 Å². The highest BCUT2D eigenvalue weighted by atomic mass is 16.4. The van der Waals surface area contributed by atoms with Gasteiger partial charge in [0.2, 0.25) is 5.91 Å². The van der Waals surface area contributed by atoms with Gasteiger partial charge in [0.1, 0.15) is 0 Å². The Balaban J connectivity index is 1.96. The average molecular weight is 290 g/mol. The minimum Gasteiger partial charge on any atom is -0.481 e. The van der Waals surface area contributed by atoms with E-state index in [-0.39, 0.29) is 5.91 Å². The second kappa shape index (κ2) is 6.16. The van der Waals surface area contributed by atoms with E-state index in [2.05, 4.69) is 0 Å². The summed E-state index contributed by atoms with van der Waals surface area (Å²) in [6.45, 7) is 2.93. The number of hydrogen-bond donors (Lipinski definition) is 2. The van der Waals surface area contributed by atoms with Crippen LogP contribution in [0.1, 0.15) is 31.7 Å². The van der Waals surface area contributed by atoms with E-state index in [1.165, 1.54) is 0 Å². The SMILES string of the molecule is CCC1(C(=O)O)CCN(C(=O)Cc2cccc(N)c2)CC1. The van der Waals surface area contributed by atoms with Gasteiger partial charge in [0.05, 0.1) is 11.8 Å². The number of piperidine rings is 1. The van der Waals surface area contributed by atoms with Crippen molar-refractivity contribution >= 4 is 17.6 Å². The summed E-state index contributed by atoms with van der Waals surface area (Å²) in [5.74, 6) is -0.705. The number of carboxylic acids is 1. The van der Waals surface area contributed by atoms with Gasteiger partial charge >= 0.3 is 5.97 Å². The molecule has 1 fully saturated rings. The molecular formula is C16H22N2O3. The lowest BCUT2D eigenvalue weighted by molar-refractivity contribution is -0.154. The largest absolute Gasteiger partial charge is 0.481 e. The summed E-state index contributed by atoms with van der Waals surface area (Å²) >= 11 is 0. The maximum Gasteiger partial charge on any atom is 0.309 e. The molecule has 0 aliphatic carbocycles. The first-order valence-corrected chi connectivity index (χ1v) is 7.32. The standard InChI is InChI=1S/C16H22N2O3/c1-2-16(15(20)21)6-8-18(9-7-16)14(19)11-12-4-3-5-13(17)10-12/h3-5,10H,2,6-9,11,17H2,1H3,(H,20,21). The third-order valence-electron chi connectivity index (χ3n) is 4.51. The molecule has 1 aliphatic rings. The topological polar surface area (TPSA) is 83.6 Å². The summed E-state index contributed by atoms with van der Waals surface area (Å²) in [6, 6.07) is 7.30.